The van der Waals surface area contributed by atoms with Crippen LogP contribution in [0, 0.1) is 11.3 Å². The Balaban J connectivity index is 1.89. The molecular weight excluding hydrogens is 282 g/mol. The maximum absolute atomic E-state index is 8.96. The summed E-state index contributed by atoms with van der Waals surface area (Å²) in [6.45, 7) is 7.50. The van der Waals surface area contributed by atoms with Crippen molar-refractivity contribution in [3.63, 3.8) is 0 Å². The predicted octanol–water partition coefficient (Wildman–Crippen LogP) is 4.05. The van der Waals surface area contributed by atoms with Crippen LogP contribution in [0.5, 0.6) is 0 Å². The maximum atomic E-state index is 8.96. The zero-order chi connectivity index (χ0) is 15.2. The summed E-state index contributed by atoms with van der Waals surface area (Å²) in [7, 11) is 0. The smallest absolute Gasteiger partial charge is 0.0992 e. The van der Waals surface area contributed by atoms with E-state index in [0.29, 0.717) is 16.6 Å². The van der Waals surface area contributed by atoms with Crippen LogP contribution in [-0.2, 0) is 0 Å². The van der Waals surface area contributed by atoms with Gasteiger partial charge in [-0.3, -0.25) is 4.90 Å². The van der Waals surface area contributed by atoms with Crippen LogP contribution in [-0.4, -0.2) is 30.6 Å². The molecule has 0 amide bonds. The van der Waals surface area contributed by atoms with Crippen LogP contribution in [0.25, 0.3) is 0 Å². The highest BCUT2D eigenvalue weighted by atomic mass is 35.5. The maximum Gasteiger partial charge on any atom is 0.0992 e. The van der Waals surface area contributed by atoms with Gasteiger partial charge < -0.3 is 5.32 Å². The number of likely N-dealkylation sites (tertiary alicyclic amines) is 1. The van der Waals surface area contributed by atoms with Gasteiger partial charge in [0.15, 0.2) is 0 Å². The summed E-state index contributed by atoms with van der Waals surface area (Å²) in [5.41, 5.74) is 2.89. The highest BCUT2D eigenvalue weighted by Crippen LogP contribution is 2.25. The summed E-state index contributed by atoms with van der Waals surface area (Å²) < 4.78 is 0. The van der Waals surface area contributed by atoms with Gasteiger partial charge in [-0.05, 0) is 44.9 Å². The van der Waals surface area contributed by atoms with Gasteiger partial charge in [-0.2, -0.15) is 5.26 Å². The van der Waals surface area contributed by atoms with Gasteiger partial charge in [-0.15, -0.1) is 0 Å². The molecule has 0 aliphatic carbocycles. The molecule has 4 heteroatoms. The van der Waals surface area contributed by atoms with Crippen molar-refractivity contribution in [3.05, 3.63) is 40.4 Å². The topological polar surface area (TPSA) is 39.1 Å². The number of hydrogen-bond acceptors (Lipinski definition) is 3. The van der Waals surface area contributed by atoms with E-state index in [2.05, 4.69) is 36.2 Å². The summed E-state index contributed by atoms with van der Waals surface area (Å²) in [4.78, 5) is 2.47. The van der Waals surface area contributed by atoms with E-state index in [4.69, 9.17) is 16.9 Å². The van der Waals surface area contributed by atoms with Gasteiger partial charge in [0, 0.05) is 25.7 Å². The van der Waals surface area contributed by atoms with E-state index >= 15 is 0 Å². The van der Waals surface area contributed by atoms with E-state index in [1.165, 1.54) is 5.57 Å². The first-order valence-electron chi connectivity index (χ1n) is 7.40. The summed E-state index contributed by atoms with van der Waals surface area (Å²) in [6.07, 6.45) is 4.48. The molecule has 0 spiro atoms. The third kappa shape index (κ3) is 4.77. The molecule has 1 heterocycles. The fraction of sp³-hybridized carbons (Fsp3) is 0.471. The van der Waals surface area contributed by atoms with E-state index in [9.17, 15) is 0 Å². The molecular formula is C17H22ClN3. The quantitative estimate of drug-likeness (QED) is 0.853. The Hall–Kier alpha value is -1.50. The van der Waals surface area contributed by atoms with Crippen molar-refractivity contribution in [3.8, 4) is 6.07 Å². The number of nitrogens with zero attached hydrogens (tertiary/aromatic N) is 2. The monoisotopic (exact) mass is 303 g/mol. The molecule has 0 unspecified atom stereocenters. The highest BCUT2D eigenvalue weighted by Gasteiger charge is 2.19. The minimum Gasteiger partial charge on any atom is -0.381 e. The average Bonchev–Trinajstić information content (AvgIpc) is 2.48. The average molecular weight is 304 g/mol. The van der Waals surface area contributed by atoms with E-state index < -0.39 is 0 Å². The second-order valence-electron chi connectivity index (χ2n) is 5.81. The number of benzene rings is 1. The molecule has 0 saturated carbocycles. The largest absolute Gasteiger partial charge is 0.381 e. The Morgan fingerprint density at radius 1 is 1.43 bits per heavy atom. The van der Waals surface area contributed by atoms with E-state index in [0.717, 1.165) is 38.2 Å². The number of nitriles is 1. The standard InChI is InChI=1S/C17H22ClN3/c1-13(2)5-8-21-9-6-15(7-10-21)20-17-11-14(12-19)3-4-16(17)18/h3-5,11,15,20H,6-10H2,1-2H3. The Morgan fingerprint density at radius 2 is 2.14 bits per heavy atom. The molecule has 112 valence electrons. The molecule has 0 bridgehead atoms. The molecule has 2 rings (SSSR count). The predicted molar refractivity (Wildman–Crippen MR) is 88.7 cm³/mol. The number of hydrogen-bond donors (Lipinski definition) is 1. The van der Waals surface area contributed by atoms with Gasteiger partial charge in [-0.1, -0.05) is 23.3 Å². The Bertz CT molecular complexity index is 548. The van der Waals surface area contributed by atoms with Crippen molar-refractivity contribution >= 4 is 17.3 Å². The summed E-state index contributed by atoms with van der Waals surface area (Å²) >= 11 is 6.20. The zero-order valence-electron chi connectivity index (χ0n) is 12.7. The van der Waals surface area contributed by atoms with E-state index in [1.807, 2.05) is 6.07 Å². The first-order chi connectivity index (χ1) is 10.1. The van der Waals surface area contributed by atoms with Gasteiger partial charge in [-0.25, -0.2) is 0 Å². The number of allylic oxidation sites excluding steroid dienone is 1. The Morgan fingerprint density at radius 3 is 2.76 bits per heavy atom. The third-order valence-corrected chi connectivity index (χ3v) is 4.13. The molecule has 0 atom stereocenters. The first kappa shape index (κ1) is 15.9. The number of anilines is 1. The second-order valence-corrected chi connectivity index (χ2v) is 6.21. The van der Waals surface area contributed by atoms with Crippen molar-refractivity contribution in [2.45, 2.75) is 32.7 Å². The number of halogens is 1. The van der Waals surface area contributed by atoms with Crippen molar-refractivity contribution in [1.82, 2.24) is 4.90 Å². The molecule has 1 aromatic carbocycles. The van der Waals surface area contributed by atoms with Gasteiger partial charge in [0.05, 0.1) is 22.3 Å². The second kappa shape index (κ2) is 7.49. The van der Waals surface area contributed by atoms with Gasteiger partial charge >= 0.3 is 0 Å². The number of rotatable bonds is 4. The lowest BCUT2D eigenvalue weighted by molar-refractivity contribution is 0.240. The van der Waals surface area contributed by atoms with Gasteiger partial charge in [0.25, 0.3) is 0 Å². The Labute approximate surface area is 132 Å². The first-order valence-corrected chi connectivity index (χ1v) is 7.78. The molecule has 1 aliphatic rings. The van der Waals surface area contributed by atoms with Crippen molar-refractivity contribution in [1.29, 1.82) is 5.26 Å². The third-order valence-electron chi connectivity index (χ3n) is 3.80. The summed E-state index contributed by atoms with van der Waals surface area (Å²) in [5, 5.41) is 13.1. The van der Waals surface area contributed by atoms with Crippen LogP contribution in [0.1, 0.15) is 32.3 Å². The minimum absolute atomic E-state index is 0.430. The van der Waals surface area contributed by atoms with Crippen molar-refractivity contribution in [2.24, 2.45) is 0 Å². The molecule has 0 aromatic heterocycles. The number of nitrogens with one attached hydrogen (secondary N) is 1. The Kier molecular flexibility index (Phi) is 5.67. The minimum atomic E-state index is 0.430. The van der Waals surface area contributed by atoms with Crippen LogP contribution in [0.2, 0.25) is 5.02 Å². The summed E-state index contributed by atoms with van der Waals surface area (Å²) in [6, 6.07) is 7.94. The van der Waals surface area contributed by atoms with Crippen molar-refractivity contribution < 1.29 is 0 Å². The van der Waals surface area contributed by atoms with E-state index in [-0.39, 0.29) is 0 Å². The highest BCUT2D eigenvalue weighted by molar-refractivity contribution is 6.33. The van der Waals surface area contributed by atoms with E-state index in [1.54, 1.807) is 12.1 Å². The molecule has 3 nitrogen and oxygen atoms in total. The van der Waals surface area contributed by atoms with Crippen LogP contribution >= 0.6 is 11.6 Å². The molecule has 1 aliphatic heterocycles. The summed E-state index contributed by atoms with van der Waals surface area (Å²) in [5.74, 6) is 0. The molecule has 1 aromatic rings. The lowest BCUT2D eigenvalue weighted by Crippen LogP contribution is -2.39. The molecule has 1 fully saturated rings. The van der Waals surface area contributed by atoms with Gasteiger partial charge in [0.1, 0.15) is 0 Å². The van der Waals surface area contributed by atoms with Crippen LogP contribution < -0.4 is 5.32 Å². The normalized spacial score (nSPS) is 16.3. The van der Waals surface area contributed by atoms with Crippen LogP contribution in [0.4, 0.5) is 5.69 Å². The lowest BCUT2D eigenvalue weighted by atomic mass is 10.0. The van der Waals surface area contributed by atoms with Crippen molar-refractivity contribution in [2.75, 3.05) is 25.0 Å². The molecule has 21 heavy (non-hydrogen) atoms. The van der Waals surface area contributed by atoms with Gasteiger partial charge in [0.2, 0.25) is 0 Å². The zero-order valence-corrected chi connectivity index (χ0v) is 13.5. The number of piperidine rings is 1. The fourth-order valence-corrected chi connectivity index (χ4v) is 2.67. The molecule has 0 radical (unpaired) electrons. The fourth-order valence-electron chi connectivity index (χ4n) is 2.50. The lowest BCUT2D eigenvalue weighted by Gasteiger charge is -2.32. The van der Waals surface area contributed by atoms with Crippen LogP contribution in [0.15, 0.2) is 29.8 Å². The van der Waals surface area contributed by atoms with Crippen LogP contribution in [0.3, 0.4) is 0 Å². The molecule has 1 N–H and O–H groups in total. The SMILES string of the molecule is CC(C)=CCN1CCC(Nc2cc(C#N)ccc2Cl)CC1. The molecule has 1 saturated heterocycles.